The van der Waals surface area contributed by atoms with E-state index in [1.165, 1.54) is 28.7 Å². The lowest BCUT2D eigenvalue weighted by molar-refractivity contribution is -0.115. The number of nitrogens with one attached hydrogen (secondary N) is 1. The third-order valence-corrected chi connectivity index (χ3v) is 7.41. The summed E-state index contributed by atoms with van der Waals surface area (Å²) in [5.74, 6) is -0.547. The minimum atomic E-state index is -0.380. The third kappa shape index (κ3) is 3.89. The monoisotopic (exact) mass is 441 g/mol. The van der Waals surface area contributed by atoms with Crippen molar-refractivity contribution in [3.63, 3.8) is 0 Å². The number of esters is 1. The van der Waals surface area contributed by atoms with Crippen LogP contribution in [0.2, 0.25) is 0 Å². The lowest BCUT2D eigenvalue weighted by Crippen LogP contribution is -2.23. The summed E-state index contributed by atoms with van der Waals surface area (Å²) in [7, 11) is 1.89. The SMILES string of the molecule is CCOC(=O)c1c(NC(=O)C(C)Sc2nccn2C)sc2c1CCc1ccccc1-2. The summed E-state index contributed by atoms with van der Waals surface area (Å²) in [6.45, 7) is 3.91. The molecule has 8 heteroatoms. The number of ether oxygens (including phenoxy) is 1. The van der Waals surface area contributed by atoms with Crippen LogP contribution in [-0.4, -0.2) is 33.3 Å². The van der Waals surface area contributed by atoms with E-state index >= 15 is 0 Å². The van der Waals surface area contributed by atoms with Crippen LogP contribution in [0.25, 0.3) is 10.4 Å². The van der Waals surface area contributed by atoms with Gasteiger partial charge in [0.1, 0.15) is 5.00 Å². The van der Waals surface area contributed by atoms with E-state index in [0.29, 0.717) is 17.2 Å². The number of thiophene rings is 1. The first-order valence-corrected chi connectivity index (χ1v) is 11.5. The zero-order valence-corrected chi connectivity index (χ0v) is 18.7. The van der Waals surface area contributed by atoms with E-state index in [-0.39, 0.29) is 17.1 Å². The molecule has 4 rings (SSSR count). The Hall–Kier alpha value is -2.58. The Morgan fingerprint density at radius 3 is 2.87 bits per heavy atom. The van der Waals surface area contributed by atoms with Crippen LogP contribution in [0.3, 0.4) is 0 Å². The Labute approximate surface area is 183 Å². The largest absolute Gasteiger partial charge is 0.462 e. The number of benzene rings is 1. The van der Waals surface area contributed by atoms with E-state index in [0.717, 1.165) is 34.0 Å². The number of imidazole rings is 1. The Balaban J connectivity index is 1.66. The maximum Gasteiger partial charge on any atom is 0.341 e. The molecule has 0 saturated carbocycles. The molecular formula is C22H23N3O3S2. The van der Waals surface area contributed by atoms with Crippen molar-refractivity contribution in [3.05, 3.63) is 53.3 Å². The molecule has 1 aliphatic carbocycles. The van der Waals surface area contributed by atoms with Crippen LogP contribution in [0.4, 0.5) is 5.00 Å². The molecule has 1 unspecified atom stereocenters. The molecule has 1 atom stereocenters. The number of carbonyl (C=O) groups is 2. The van der Waals surface area contributed by atoms with Crippen molar-refractivity contribution in [3.8, 4) is 10.4 Å². The van der Waals surface area contributed by atoms with Gasteiger partial charge in [-0.15, -0.1) is 11.3 Å². The average Bonchev–Trinajstić information content (AvgIpc) is 3.31. The second kappa shape index (κ2) is 8.65. The van der Waals surface area contributed by atoms with Crippen LogP contribution in [-0.2, 0) is 29.4 Å². The summed E-state index contributed by atoms with van der Waals surface area (Å²) in [5.41, 5.74) is 3.86. The Bertz CT molecular complexity index is 1100. The van der Waals surface area contributed by atoms with Crippen molar-refractivity contribution >= 4 is 40.0 Å². The minimum absolute atomic E-state index is 0.166. The highest BCUT2D eigenvalue weighted by atomic mass is 32.2. The number of aryl methyl sites for hydroxylation is 2. The molecule has 2 heterocycles. The number of rotatable bonds is 6. The fourth-order valence-electron chi connectivity index (χ4n) is 3.54. The molecule has 0 spiro atoms. The lowest BCUT2D eigenvalue weighted by atomic mass is 9.89. The predicted molar refractivity (Wildman–Crippen MR) is 120 cm³/mol. The minimum Gasteiger partial charge on any atom is -0.462 e. The number of hydrogen-bond donors (Lipinski definition) is 1. The molecule has 2 aromatic heterocycles. The van der Waals surface area contributed by atoms with Gasteiger partial charge in [0.15, 0.2) is 5.16 Å². The van der Waals surface area contributed by atoms with Gasteiger partial charge in [-0.05, 0) is 43.4 Å². The van der Waals surface area contributed by atoms with Gasteiger partial charge in [-0.3, -0.25) is 4.79 Å². The molecule has 1 N–H and O–H groups in total. The number of nitrogens with zero attached hydrogens (tertiary/aromatic N) is 2. The highest BCUT2D eigenvalue weighted by Gasteiger charge is 2.30. The van der Waals surface area contributed by atoms with E-state index < -0.39 is 0 Å². The van der Waals surface area contributed by atoms with Crippen molar-refractivity contribution < 1.29 is 14.3 Å². The molecule has 0 radical (unpaired) electrons. The summed E-state index contributed by atoms with van der Waals surface area (Å²) in [6, 6.07) is 8.22. The van der Waals surface area contributed by atoms with Crippen LogP contribution in [0.1, 0.15) is 35.3 Å². The van der Waals surface area contributed by atoms with Gasteiger partial charge in [-0.2, -0.15) is 0 Å². The number of carbonyl (C=O) groups excluding carboxylic acids is 2. The van der Waals surface area contributed by atoms with Gasteiger partial charge >= 0.3 is 5.97 Å². The maximum absolute atomic E-state index is 12.9. The van der Waals surface area contributed by atoms with Crippen molar-refractivity contribution in [1.29, 1.82) is 0 Å². The Kier molecular flexibility index (Phi) is 5.97. The molecule has 6 nitrogen and oxygen atoms in total. The normalized spacial score (nSPS) is 13.3. The number of fused-ring (bicyclic) bond motifs is 3. The first kappa shape index (κ1) is 20.7. The Morgan fingerprint density at radius 1 is 1.33 bits per heavy atom. The second-order valence-corrected chi connectivity index (χ2v) is 9.39. The fraction of sp³-hybridized carbons (Fsp3) is 0.318. The van der Waals surface area contributed by atoms with E-state index in [2.05, 4.69) is 22.4 Å². The van der Waals surface area contributed by atoms with E-state index in [4.69, 9.17) is 4.74 Å². The van der Waals surface area contributed by atoms with Gasteiger partial charge in [0.05, 0.1) is 17.4 Å². The zero-order chi connectivity index (χ0) is 21.3. The summed E-state index contributed by atoms with van der Waals surface area (Å²) in [4.78, 5) is 31.0. The van der Waals surface area contributed by atoms with Gasteiger partial charge < -0.3 is 14.6 Å². The first-order valence-electron chi connectivity index (χ1n) is 9.85. The highest BCUT2D eigenvalue weighted by Crippen LogP contribution is 2.45. The van der Waals surface area contributed by atoms with Gasteiger partial charge in [-0.1, -0.05) is 36.0 Å². The van der Waals surface area contributed by atoms with E-state index in [9.17, 15) is 9.59 Å². The van der Waals surface area contributed by atoms with Gasteiger partial charge in [0.25, 0.3) is 0 Å². The van der Waals surface area contributed by atoms with Gasteiger partial charge in [-0.25, -0.2) is 9.78 Å². The molecule has 30 heavy (non-hydrogen) atoms. The molecule has 1 aromatic carbocycles. The van der Waals surface area contributed by atoms with Crippen molar-refractivity contribution in [2.24, 2.45) is 7.05 Å². The molecule has 0 bridgehead atoms. The molecular weight excluding hydrogens is 418 g/mol. The smallest absolute Gasteiger partial charge is 0.341 e. The number of anilines is 1. The second-order valence-electron chi connectivity index (χ2n) is 7.06. The summed E-state index contributed by atoms with van der Waals surface area (Å²) >= 11 is 2.83. The molecule has 0 fully saturated rings. The van der Waals surface area contributed by atoms with Gasteiger partial charge in [0.2, 0.25) is 5.91 Å². The number of amides is 1. The number of aromatic nitrogens is 2. The standard InChI is InChI=1S/C22H23N3O3S2/c1-4-28-21(27)17-16-10-9-14-7-5-6-8-15(14)18(16)30-20(17)24-19(26)13(2)29-22-23-11-12-25(22)3/h5-8,11-13H,4,9-10H2,1-3H3,(H,24,26). The number of hydrogen-bond acceptors (Lipinski definition) is 6. The third-order valence-electron chi connectivity index (χ3n) is 5.06. The molecule has 156 valence electrons. The lowest BCUT2D eigenvalue weighted by Gasteiger charge is -2.16. The highest BCUT2D eigenvalue weighted by molar-refractivity contribution is 8.00. The quantitative estimate of drug-likeness (QED) is 0.449. The van der Waals surface area contributed by atoms with Gasteiger partial charge in [0, 0.05) is 24.3 Å². The summed E-state index contributed by atoms with van der Waals surface area (Å²) in [6.07, 6.45) is 5.17. The molecule has 0 saturated heterocycles. The van der Waals surface area contributed by atoms with Crippen LogP contribution in [0.15, 0.2) is 41.8 Å². The Morgan fingerprint density at radius 2 is 2.13 bits per heavy atom. The van der Waals surface area contributed by atoms with Crippen molar-refractivity contribution in [2.45, 2.75) is 37.1 Å². The fourth-order valence-corrected chi connectivity index (χ4v) is 5.67. The first-order chi connectivity index (χ1) is 14.5. The summed E-state index contributed by atoms with van der Waals surface area (Å²) in [5, 5.41) is 3.95. The molecule has 1 aliphatic rings. The van der Waals surface area contributed by atoms with E-state index in [1.807, 2.05) is 36.9 Å². The van der Waals surface area contributed by atoms with Crippen LogP contribution >= 0.6 is 23.1 Å². The maximum atomic E-state index is 12.9. The van der Waals surface area contributed by atoms with Crippen molar-refractivity contribution in [1.82, 2.24) is 9.55 Å². The molecule has 1 amide bonds. The zero-order valence-electron chi connectivity index (χ0n) is 17.1. The predicted octanol–water partition coefficient (Wildman–Crippen LogP) is 4.54. The van der Waals surface area contributed by atoms with Crippen LogP contribution < -0.4 is 5.32 Å². The molecule has 0 aliphatic heterocycles. The number of thioether (sulfide) groups is 1. The topological polar surface area (TPSA) is 73.2 Å². The average molecular weight is 442 g/mol. The van der Waals surface area contributed by atoms with Crippen LogP contribution in [0.5, 0.6) is 0 Å². The molecule has 3 aromatic rings. The van der Waals surface area contributed by atoms with Crippen molar-refractivity contribution in [2.75, 3.05) is 11.9 Å². The van der Waals surface area contributed by atoms with E-state index in [1.54, 1.807) is 13.1 Å². The summed E-state index contributed by atoms with van der Waals surface area (Å²) < 4.78 is 7.20. The van der Waals surface area contributed by atoms with Crippen LogP contribution in [0, 0.1) is 0 Å².